The molecule has 2 saturated carbocycles. The summed E-state index contributed by atoms with van der Waals surface area (Å²) in [7, 11) is 0. The Morgan fingerprint density at radius 1 is 0.479 bits per heavy atom. The highest BCUT2D eigenvalue weighted by molar-refractivity contribution is 6.43. The van der Waals surface area contributed by atoms with Crippen molar-refractivity contribution in [1.29, 1.82) is 0 Å². The number of non-ortho nitro benzene ring substituents is 2. The molecule has 0 aromatic heterocycles. The fraction of sp³-hybridized carbons (Fsp3) is 0.333. The van der Waals surface area contributed by atoms with Crippen molar-refractivity contribution >= 4 is 78.1 Å². The molecule has 2 aliphatic heterocycles. The fourth-order valence-electron chi connectivity index (χ4n) is 9.09. The average molecular weight is 645 g/mol. The zero-order valence-corrected chi connectivity index (χ0v) is 25.7. The van der Waals surface area contributed by atoms with E-state index in [1.54, 1.807) is 12.1 Å². The molecule has 2 aliphatic carbocycles. The Hall–Kier alpha value is -5.52. The average Bonchev–Trinajstić information content (AvgIpc) is 3.09. The molecule has 9 rings (SSSR count). The molecular formula is C36H28N4O8. The number of amides is 4. The SMILES string of the molecule is O=C1c2ccc3c4c([N+](=O)[O-])cc5c6c(ccc(c7c([N+](=O)[O-])cc(c2c37)C(=O)N1C1CCCCC1)c64)C(=O)N(C1CCCCC1)C5=O. The Morgan fingerprint density at radius 2 is 0.833 bits per heavy atom. The van der Waals surface area contributed by atoms with Gasteiger partial charge in [-0.1, -0.05) is 50.7 Å². The molecule has 48 heavy (non-hydrogen) atoms. The molecule has 0 atom stereocenters. The molecule has 240 valence electrons. The van der Waals surface area contributed by atoms with E-state index in [-0.39, 0.29) is 77.4 Å². The van der Waals surface area contributed by atoms with Gasteiger partial charge in [0.05, 0.1) is 31.7 Å². The Balaban J connectivity index is 1.41. The minimum Gasteiger partial charge on any atom is -0.271 e. The molecular weight excluding hydrogens is 616 g/mol. The smallest absolute Gasteiger partial charge is 0.271 e. The third-order valence-electron chi connectivity index (χ3n) is 11.1. The van der Waals surface area contributed by atoms with E-state index in [4.69, 9.17) is 0 Å². The lowest BCUT2D eigenvalue weighted by Gasteiger charge is -2.36. The summed E-state index contributed by atoms with van der Waals surface area (Å²) in [4.78, 5) is 83.1. The van der Waals surface area contributed by atoms with E-state index in [1.165, 1.54) is 34.1 Å². The molecule has 0 bridgehead atoms. The predicted octanol–water partition coefficient (Wildman–Crippen LogP) is 7.41. The van der Waals surface area contributed by atoms with Crippen molar-refractivity contribution < 1.29 is 29.0 Å². The maximum Gasteiger partial charge on any atom is 0.278 e. The summed E-state index contributed by atoms with van der Waals surface area (Å²) in [6.45, 7) is 0. The monoisotopic (exact) mass is 644 g/mol. The minimum absolute atomic E-state index is 0.00709. The maximum absolute atomic E-state index is 14.1. The van der Waals surface area contributed by atoms with Gasteiger partial charge in [0, 0.05) is 56.9 Å². The standard InChI is InChI=1S/C36H28N4O8/c41-33-21-13-11-19-30-26(40(47)48)16-24-28-22(34(42)38(36(24)44)18-9-5-2-6-10-18)14-12-20(32(28)30)29-25(39(45)46)15-23(27(21)31(19)29)35(43)37(33)17-7-3-1-4-8-17/h11-18H,1-10H2. The number of carbonyl (C=O) groups excluding carboxylic acids is 4. The second kappa shape index (κ2) is 9.99. The number of benzene rings is 5. The van der Waals surface area contributed by atoms with Crippen molar-refractivity contribution in [2.45, 2.75) is 76.3 Å². The molecule has 0 radical (unpaired) electrons. The van der Waals surface area contributed by atoms with E-state index in [1.807, 2.05) is 0 Å². The van der Waals surface area contributed by atoms with Crippen molar-refractivity contribution in [3.05, 3.63) is 78.9 Å². The van der Waals surface area contributed by atoms with E-state index >= 15 is 0 Å². The van der Waals surface area contributed by atoms with Crippen LogP contribution >= 0.6 is 0 Å². The molecule has 4 aliphatic rings. The molecule has 0 unspecified atom stereocenters. The number of nitro benzene ring substituents is 2. The van der Waals surface area contributed by atoms with E-state index < -0.39 is 44.9 Å². The lowest BCUT2D eigenvalue weighted by Crippen LogP contribution is -2.48. The van der Waals surface area contributed by atoms with Crippen LogP contribution in [0.25, 0.3) is 43.1 Å². The second-order valence-electron chi connectivity index (χ2n) is 13.5. The number of nitro groups is 2. The molecule has 4 amide bonds. The lowest BCUT2D eigenvalue weighted by molar-refractivity contribution is -0.383. The highest BCUT2D eigenvalue weighted by Gasteiger charge is 2.43. The summed E-state index contributed by atoms with van der Waals surface area (Å²) in [5, 5.41) is 27.1. The Labute approximate surface area is 271 Å². The highest BCUT2D eigenvalue weighted by Crippen LogP contribution is 2.52. The minimum atomic E-state index is -0.615. The van der Waals surface area contributed by atoms with E-state index in [2.05, 4.69) is 0 Å². The predicted molar refractivity (Wildman–Crippen MR) is 176 cm³/mol. The quantitative estimate of drug-likeness (QED) is 0.0642. The van der Waals surface area contributed by atoms with E-state index in [9.17, 15) is 39.4 Å². The molecule has 0 spiro atoms. The number of rotatable bonds is 4. The topological polar surface area (TPSA) is 161 Å². The van der Waals surface area contributed by atoms with Crippen LogP contribution in [0.4, 0.5) is 11.4 Å². The van der Waals surface area contributed by atoms with E-state index in [0.717, 1.165) is 38.5 Å². The number of hydrogen-bond donors (Lipinski definition) is 0. The van der Waals surface area contributed by atoms with Crippen LogP contribution < -0.4 is 0 Å². The van der Waals surface area contributed by atoms with Crippen LogP contribution in [0.2, 0.25) is 0 Å². The van der Waals surface area contributed by atoms with Crippen molar-refractivity contribution in [2.75, 3.05) is 0 Å². The summed E-state index contributed by atoms with van der Waals surface area (Å²) in [5.74, 6) is -2.21. The van der Waals surface area contributed by atoms with Crippen LogP contribution in [0.3, 0.4) is 0 Å². The first-order chi connectivity index (χ1) is 23.2. The Kier molecular flexibility index (Phi) is 5.97. The number of imide groups is 2. The van der Waals surface area contributed by atoms with Crippen LogP contribution in [0.5, 0.6) is 0 Å². The summed E-state index contributed by atoms with van der Waals surface area (Å²) < 4.78 is 0. The van der Waals surface area contributed by atoms with Crippen LogP contribution in [-0.2, 0) is 0 Å². The van der Waals surface area contributed by atoms with Gasteiger partial charge in [-0.25, -0.2) is 0 Å². The third-order valence-corrected chi connectivity index (χ3v) is 11.1. The maximum atomic E-state index is 14.1. The van der Waals surface area contributed by atoms with Gasteiger partial charge < -0.3 is 0 Å². The Bertz CT molecular complexity index is 2200. The van der Waals surface area contributed by atoms with Crippen molar-refractivity contribution in [3.63, 3.8) is 0 Å². The van der Waals surface area contributed by atoms with Gasteiger partial charge in [-0.05, 0) is 48.6 Å². The zero-order valence-electron chi connectivity index (χ0n) is 25.7. The van der Waals surface area contributed by atoms with Gasteiger partial charge >= 0.3 is 0 Å². The molecule has 0 saturated heterocycles. The molecule has 0 N–H and O–H groups in total. The normalized spacial score (nSPS) is 19.1. The van der Waals surface area contributed by atoms with Gasteiger partial charge in [-0.2, -0.15) is 0 Å². The van der Waals surface area contributed by atoms with Gasteiger partial charge in [-0.3, -0.25) is 49.2 Å². The Morgan fingerprint density at radius 3 is 1.19 bits per heavy atom. The number of hydrogen-bond acceptors (Lipinski definition) is 8. The van der Waals surface area contributed by atoms with Crippen molar-refractivity contribution in [3.8, 4) is 0 Å². The first-order valence-corrected chi connectivity index (χ1v) is 16.5. The van der Waals surface area contributed by atoms with Gasteiger partial charge in [0.1, 0.15) is 0 Å². The number of nitrogens with zero attached hydrogens (tertiary/aromatic N) is 4. The molecule has 5 aromatic carbocycles. The summed E-state index contributed by atoms with van der Waals surface area (Å²) in [5.41, 5.74) is -0.368. The summed E-state index contributed by atoms with van der Waals surface area (Å²) >= 11 is 0. The first-order valence-electron chi connectivity index (χ1n) is 16.5. The molecule has 5 aromatic rings. The first kappa shape index (κ1) is 28.7. The van der Waals surface area contributed by atoms with Gasteiger partial charge in [0.2, 0.25) is 0 Å². The largest absolute Gasteiger partial charge is 0.278 e. The van der Waals surface area contributed by atoms with Crippen LogP contribution in [0, 0.1) is 20.2 Å². The molecule has 12 heteroatoms. The van der Waals surface area contributed by atoms with Gasteiger partial charge in [-0.15, -0.1) is 0 Å². The highest BCUT2D eigenvalue weighted by atomic mass is 16.6. The molecule has 2 heterocycles. The van der Waals surface area contributed by atoms with E-state index in [0.29, 0.717) is 25.7 Å². The van der Waals surface area contributed by atoms with Crippen LogP contribution in [0.1, 0.15) is 106 Å². The van der Waals surface area contributed by atoms with Gasteiger partial charge in [0.25, 0.3) is 35.0 Å². The second-order valence-corrected chi connectivity index (χ2v) is 13.5. The van der Waals surface area contributed by atoms with Crippen molar-refractivity contribution in [2.24, 2.45) is 0 Å². The summed E-state index contributed by atoms with van der Waals surface area (Å²) in [6.07, 6.45) is 8.04. The fourth-order valence-corrected chi connectivity index (χ4v) is 9.09. The number of carbonyl (C=O) groups is 4. The molecule has 12 nitrogen and oxygen atoms in total. The summed E-state index contributed by atoms with van der Waals surface area (Å²) in [6, 6.07) is 7.94. The third kappa shape index (κ3) is 3.59. The van der Waals surface area contributed by atoms with Crippen molar-refractivity contribution in [1.82, 2.24) is 9.80 Å². The zero-order chi connectivity index (χ0) is 33.2. The number of fused-ring (bicyclic) bond motifs is 2. The van der Waals surface area contributed by atoms with Crippen LogP contribution in [0.15, 0.2) is 36.4 Å². The lowest BCUT2D eigenvalue weighted by atomic mass is 9.80. The van der Waals surface area contributed by atoms with Crippen LogP contribution in [-0.4, -0.2) is 55.4 Å². The molecule has 2 fully saturated rings. The van der Waals surface area contributed by atoms with Gasteiger partial charge in [0.15, 0.2) is 0 Å².